The van der Waals surface area contributed by atoms with E-state index in [1.807, 2.05) is 0 Å². The van der Waals surface area contributed by atoms with Crippen molar-refractivity contribution in [3.8, 4) is 0 Å². The number of aliphatic hydroxyl groups excluding tert-OH is 1. The molecule has 2 N–H and O–H groups in total. The highest BCUT2D eigenvalue weighted by Crippen LogP contribution is 2.16. The number of amides is 1. The van der Waals surface area contributed by atoms with Gasteiger partial charge in [0.15, 0.2) is 0 Å². The lowest BCUT2D eigenvalue weighted by atomic mass is 10.1. The van der Waals surface area contributed by atoms with Gasteiger partial charge >= 0.3 is 0 Å². The van der Waals surface area contributed by atoms with Gasteiger partial charge in [0.05, 0.1) is 23.1 Å². The first-order valence-electron chi connectivity index (χ1n) is 5.35. The number of hydrogen-bond donors (Lipinski definition) is 2. The van der Waals surface area contributed by atoms with Crippen LogP contribution in [0.1, 0.15) is 23.7 Å². The fourth-order valence-electron chi connectivity index (χ4n) is 1.34. The number of rotatable bonds is 5. The van der Waals surface area contributed by atoms with Gasteiger partial charge in [-0.3, -0.25) is 14.9 Å². The topological polar surface area (TPSA) is 92.5 Å². The maximum atomic E-state index is 13.4. The van der Waals surface area contributed by atoms with Gasteiger partial charge in [-0.15, -0.1) is 0 Å². The number of carbonyl (C=O) groups is 1. The zero-order chi connectivity index (χ0) is 13.7. The fourth-order valence-corrected chi connectivity index (χ4v) is 1.34. The van der Waals surface area contributed by atoms with Gasteiger partial charge in [0.1, 0.15) is 5.82 Å². The summed E-state index contributed by atoms with van der Waals surface area (Å²) < 4.78 is 13.4. The summed E-state index contributed by atoms with van der Waals surface area (Å²) in [6.45, 7) is 1.46. The molecule has 1 aromatic rings. The number of non-ortho nitro benzene ring substituents is 1. The predicted molar refractivity (Wildman–Crippen MR) is 61.7 cm³/mol. The Hall–Kier alpha value is -2.02. The highest BCUT2D eigenvalue weighted by Gasteiger charge is 2.18. The Labute approximate surface area is 103 Å². The first kappa shape index (κ1) is 14.0. The van der Waals surface area contributed by atoms with Crippen molar-refractivity contribution in [2.75, 3.05) is 6.61 Å². The molecule has 98 valence electrons. The lowest BCUT2D eigenvalue weighted by Crippen LogP contribution is -2.37. The van der Waals surface area contributed by atoms with E-state index in [0.717, 1.165) is 18.2 Å². The quantitative estimate of drug-likeness (QED) is 0.612. The molecule has 1 aromatic carbocycles. The predicted octanol–water partition coefficient (Wildman–Crippen LogP) is 1.23. The highest BCUT2D eigenvalue weighted by atomic mass is 19.1. The molecule has 1 amide bonds. The van der Waals surface area contributed by atoms with Crippen molar-refractivity contribution in [1.29, 1.82) is 0 Å². The minimum absolute atomic E-state index is 0.279. The van der Waals surface area contributed by atoms with E-state index in [1.54, 1.807) is 6.92 Å². The van der Waals surface area contributed by atoms with Crippen LogP contribution in [0, 0.1) is 15.9 Å². The van der Waals surface area contributed by atoms with Crippen LogP contribution in [0.15, 0.2) is 18.2 Å². The highest BCUT2D eigenvalue weighted by molar-refractivity contribution is 5.95. The number of halogens is 1. The van der Waals surface area contributed by atoms with Crippen LogP contribution in [-0.2, 0) is 0 Å². The van der Waals surface area contributed by atoms with E-state index >= 15 is 0 Å². The third-order valence-corrected chi connectivity index (χ3v) is 2.45. The number of nitro groups is 1. The molecule has 0 saturated carbocycles. The Balaban J connectivity index is 2.97. The lowest BCUT2D eigenvalue weighted by Gasteiger charge is -2.14. The minimum Gasteiger partial charge on any atom is -0.394 e. The van der Waals surface area contributed by atoms with Crippen LogP contribution < -0.4 is 5.32 Å². The van der Waals surface area contributed by atoms with E-state index in [9.17, 15) is 19.3 Å². The van der Waals surface area contributed by atoms with E-state index in [-0.39, 0.29) is 12.3 Å². The number of nitrogens with one attached hydrogen (secondary N) is 1. The van der Waals surface area contributed by atoms with E-state index in [1.165, 1.54) is 0 Å². The zero-order valence-electron chi connectivity index (χ0n) is 9.72. The maximum Gasteiger partial charge on any atom is 0.270 e. The third kappa shape index (κ3) is 3.24. The van der Waals surface area contributed by atoms with Crippen LogP contribution in [0.2, 0.25) is 0 Å². The van der Waals surface area contributed by atoms with E-state index in [0.29, 0.717) is 6.42 Å². The molecule has 1 rings (SSSR count). The molecule has 0 aliphatic carbocycles. The Morgan fingerprint density at radius 3 is 2.78 bits per heavy atom. The molecule has 1 atom stereocenters. The average molecular weight is 256 g/mol. The first-order chi connectivity index (χ1) is 8.49. The monoisotopic (exact) mass is 256 g/mol. The number of nitrogens with zero attached hydrogens (tertiary/aromatic N) is 1. The van der Waals surface area contributed by atoms with Gasteiger partial charge in [-0.25, -0.2) is 4.39 Å². The van der Waals surface area contributed by atoms with E-state index < -0.39 is 28.3 Å². The molecule has 0 aliphatic heterocycles. The van der Waals surface area contributed by atoms with Crippen molar-refractivity contribution in [3.63, 3.8) is 0 Å². The number of benzene rings is 1. The number of carbonyl (C=O) groups excluding carboxylic acids is 1. The summed E-state index contributed by atoms with van der Waals surface area (Å²) in [6, 6.07) is 2.22. The van der Waals surface area contributed by atoms with Gasteiger partial charge in [0, 0.05) is 12.1 Å². The third-order valence-electron chi connectivity index (χ3n) is 2.45. The Kier molecular flexibility index (Phi) is 4.73. The van der Waals surface area contributed by atoms with Crippen LogP contribution in [0.3, 0.4) is 0 Å². The average Bonchev–Trinajstić information content (AvgIpc) is 2.35. The summed E-state index contributed by atoms with van der Waals surface area (Å²) in [5, 5.41) is 21.8. The Morgan fingerprint density at radius 2 is 2.28 bits per heavy atom. The van der Waals surface area contributed by atoms with Crippen molar-refractivity contribution in [1.82, 2.24) is 5.32 Å². The fraction of sp³-hybridized carbons (Fsp3) is 0.364. The molecule has 0 fully saturated rings. The Bertz CT molecular complexity index is 460. The molecular formula is C11H13FN2O4. The van der Waals surface area contributed by atoms with Crippen LogP contribution >= 0.6 is 0 Å². The molecule has 6 nitrogen and oxygen atoms in total. The largest absolute Gasteiger partial charge is 0.394 e. The normalized spacial score (nSPS) is 11.9. The van der Waals surface area contributed by atoms with Crippen molar-refractivity contribution in [2.45, 2.75) is 19.4 Å². The van der Waals surface area contributed by atoms with Crippen molar-refractivity contribution >= 4 is 11.6 Å². The van der Waals surface area contributed by atoms with Crippen molar-refractivity contribution in [3.05, 3.63) is 39.7 Å². The maximum absolute atomic E-state index is 13.4. The van der Waals surface area contributed by atoms with Gasteiger partial charge < -0.3 is 10.4 Å². The molecule has 0 bridgehead atoms. The smallest absolute Gasteiger partial charge is 0.270 e. The van der Waals surface area contributed by atoms with Crippen LogP contribution in [0.5, 0.6) is 0 Å². The van der Waals surface area contributed by atoms with Crippen LogP contribution in [0.4, 0.5) is 10.1 Å². The van der Waals surface area contributed by atoms with Gasteiger partial charge in [-0.1, -0.05) is 6.92 Å². The summed E-state index contributed by atoms with van der Waals surface area (Å²) in [5.74, 6) is -1.62. The van der Waals surface area contributed by atoms with Crippen LogP contribution in [-0.4, -0.2) is 28.6 Å². The van der Waals surface area contributed by atoms with E-state index in [4.69, 9.17) is 5.11 Å². The van der Waals surface area contributed by atoms with Crippen molar-refractivity contribution < 1.29 is 19.2 Å². The second-order valence-corrected chi connectivity index (χ2v) is 3.68. The second-order valence-electron chi connectivity index (χ2n) is 3.68. The molecule has 18 heavy (non-hydrogen) atoms. The van der Waals surface area contributed by atoms with Gasteiger partial charge in [-0.2, -0.15) is 0 Å². The van der Waals surface area contributed by atoms with Gasteiger partial charge in [0.2, 0.25) is 0 Å². The van der Waals surface area contributed by atoms with Gasteiger partial charge in [-0.05, 0) is 12.5 Å². The number of nitro benzene ring substituents is 1. The number of hydrogen-bond acceptors (Lipinski definition) is 4. The molecule has 0 aliphatic rings. The SMILES string of the molecule is CC[C@@H](CO)NC(=O)c1cc([N+](=O)[O-])ccc1F. The lowest BCUT2D eigenvalue weighted by molar-refractivity contribution is -0.384. The molecule has 0 aromatic heterocycles. The second kappa shape index (κ2) is 6.06. The summed E-state index contributed by atoms with van der Waals surface area (Å²) in [5.41, 5.74) is -0.769. The first-order valence-corrected chi connectivity index (χ1v) is 5.35. The summed E-state index contributed by atoms with van der Waals surface area (Å²) in [4.78, 5) is 21.5. The molecular weight excluding hydrogens is 243 g/mol. The Morgan fingerprint density at radius 1 is 1.61 bits per heavy atom. The summed E-state index contributed by atoms with van der Waals surface area (Å²) in [6.07, 6.45) is 0.471. The standard InChI is InChI=1S/C11H13FN2O4/c1-2-7(6-15)13-11(16)9-5-8(14(17)18)3-4-10(9)12/h3-5,7,15H,2,6H2,1H3,(H,13,16)/t7-/m0/s1. The van der Waals surface area contributed by atoms with Crippen LogP contribution in [0.25, 0.3) is 0 Å². The molecule has 0 unspecified atom stereocenters. The molecule has 0 saturated heterocycles. The summed E-state index contributed by atoms with van der Waals surface area (Å²) in [7, 11) is 0. The number of aliphatic hydroxyl groups is 1. The summed E-state index contributed by atoms with van der Waals surface area (Å²) >= 11 is 0. The van der Waals surface area contributed by atoms with E-state index in [2.05, 4.69) is 5.32 Å². The zero-order valence-corrected chi connectivity index (χ0v) is 9.72. The molecule has 0 heterocycles. The molecule has 0 radical (unpaired) electrons. The minimum atomic E-state index is -0.842. The molecule has 7 heteroatoms. The van der Waals surface area contributed by atoms with Crippen molar-refractivity contribution in [2.24, 2.45) is 0 Å². The van der Waals surface area contributed by atoms with Gasteiger partial charge in [0.25, 0.3) is 11.6 Å². The molecule has 0 spiro atoms.